The molecule has 1 aromatic rings. The van der Waals surface area contributed by atoms with E-state index in [1.165, 1.54) is 11.1 Å². The van der Waals surface area contributed by atoms with Gasteiger partial charge in [-0.25, -0.2) is 0 Å². The second-order valence-corrected chi connectivity index (χ2v) is 4.46. The number of fused-ring (bicyclic) bond motifs is 1. The van der Waals surface area contributed by atoms with Crippen LogP contribution in [-0.4, -0.2) is 11.1 Å². The van der Waals surface area contributed by atoms with Gasteiger partial charge in [0.2, 0.25) is 0 Å². The predicted octanol–water partition coefficient (Wildman–Crippen LogP) is 3.02. The minimum absolute atomic E-state index is 0.478. The third-order valence-electron chi connectivity index (χ3n) is 3.05. The molecule has 1 unspecified atom stereocenters. The maximum atomic E-state index is 10.9. The van der Waals surface area contributed by atoms with Crippen LogP contribution >= 0.6 is 11.6 Å². The van der Waals surface area contributed by atoms with Gasteiger partial charge in [-0.05, 0) is 48.9 Å². The lowest BCUT2D eigenvalue weighted by Gasteiger charge is -2.10. The average molecular weight is 225 g/mol. The van der Waals surface area contributed by atoms with Crippen molar-refractivity contribution in [1.82, 2.24) is 0 Å². The summed E-state index contributed by atoms with van der Waals surface area (Å²) in [5.74, 6) is -1.28. The fraction of sp³-hybridized carbons (Fsp3) is 0.417. The van der Waals surface area contributed by atoms with E-state index in [0.717, 1.165) is 29.8 Å². The highest BCUT2D eigenvalue weighted by atomic mass is 35.5. The second-order valence-electron chi connectivity index (χ2n) is 4.05. The number of halogens is 1. The molecule has 0 aromatic heterocycles. The van der Waals surface area contributed by atoms with Crippen molar-refractivity contribution in [3.8, 4) is 0 Å². The van der Waals surface area contributed by atoms with Crippen LogP contribution in [0.3, 0.4) is 0 Å². The van der Waals surface area contributed by atoms with Crippen molar-refractivity contribution in [2.24, 2.45) is 0 Å². The number of carboxylic acids is 1. The molecule has 2 rings (SSSR count). The van der Waals surface area contributed by atoms with Gasteiger partial charge < -0.3 is 5.11 Å². The van der Waals surface area contributed by atoms with Crippen molar-refractivity contribution in [2.45, 2.75) is 32.1 Å². The SMILES string of the molecule is CC(C(=O)O)c1cc(Cl)c2c(c1)CCC2. The van der Waals surface area contributed by atoms with E-state index in [4.69, 9.17) is 16.7 Å². The molecule has 0 radical (unpaired) electrons. The second kappa shape index (κ2) is 3.86. The number of hydrogen-bond acceptors (Lipinski definition) is 1. The molecule has 1 aliphatic rings. The zero-order valence-electron chi connectivity index (χ0n) is 8.59. The van der Waals surface area contributed by atoms with Gasteiger partial charge in [0.15, 0.2) is 0 Å². The van der Waals surface area contributed by atoms with E-state index in [0.29, 0.717) is 0 Å². The third-order valence-corrected chi connectivity index (χ3v) is 3.39. The van der Waals surface area contributed by atoms with Crippen LogP contribution in [0.15, 0.2) is 12.1 Å². The van der Waals surface area contributed by atoms with Gasteiger partial charge in [0, 0.05) is 5.02 Å². The molecule has 2 nitrogen and oxygen atoms in total. The Hall–Kier alpha value is -1.02. The predicted molar refractivity (Wildman–Crippen MR) is 59.5 cm³/mol. The quantitative estimate of drug-likeness (QED) is 0.839. The Bertz CT molecular complexity index is 412. The summed E-state index contributed by atoms with van der Waals surface area (Å²) in [4.78, 5) is 10.9. The number of hydrogen-bond donors (Lipinski definition) is 1. The first-order chi connectivity index (χ1) is 7.09. The fourth-order valence-electron chi connectivity index (χ4n) is 2.07. The lowest BCUT2D eigenvalue weighted by atomic mass is 9.97. The molecular weight excluding hydrogens is 212 g/mol. The molecular formula is C12H13ClO2. The fourth-order valence-corrected chi connectivity index (χ4v) is 2.41. The third kappa shape index (κ3) is 1.86. The molecule has 0 bridgehead atoms. The maximum absolute atomic E-state index is 10.9. The number of rotatable bonds is 2. The van der Waals surface area contributed by atoms with E-state index < -0.39 is 11.9 Å². The topological polar surface area (TPSA) is 37.3 Å². The molecule has 80 valence electrons. The van der Waals surface area contributed by atoms with Gasteiger partial charge in [-0.15, -0.1) is 0 Å². The van der Waals surface area contributed by atoms with Crippen LogP contribution in [0.4, 0.5) is 0 Å². The summed E-state index contributed by atoms with van der Waals surface area (Å²) >= 11 is 6.13. The van der Waals surface area contributed by atoms with Gasteiger partial charge in [-0.1, -0.05) is 17.7 Å². The minimum atomic E-state index is -0.802. The summed E-state index contributed by atoms with van der Waals surface area (Å²) in [5, 5.41) is 9.66. The number of benzene rings is 1. The van der Waals surface area contributed by atoms with Crippen molar-refractivity contribution in [3.05, 3.63) is 33.8 Å². The van der Waals surface area contributed by atoms with Gasteiger partial charge in [0.05, 0.1) is 5.92 Å². The molecule has 3 heteroatoms. The van der Waals surface area contributed by atoms with Crippen LogP contribution in [0.2, 0.25) is 5.02 Å². The molecule has 0 amide bonds. The lowest BCUT2D eigenvalue weighted by molar-refractivity contribution is -0.138. The van der Waals surface area contributed by atoms with E-state index in [1.807, 2.05) is 6.07 Å². The minimum Gasteiger partial charge on any atom is -0.481 e. The molecule has 0 saturated carbocycles. The van der Waals surface area contributed by atoms with Crippen LogP contribution in [0.1, 0.15) is 36.0 Å². The largest absolute Gasteiger partial charge is 0.481 e. The molecule has 1 aromatic carbocycles. The van der Waals surface area contributed by atoms with E-state index >= 15 is 0 Å². The molecule has 0 aliphatic heterocycles. The lowest BCUT2D eigenvalue weighted by Crippen LogP contribution is -2.08. The Morgan fingerprint density at radius 2 is 2.20 bits per heavy atom. The van der Waals surface area contributed by atoms with Gasteiger partial charge in [-0.3, -0.25) is 4.79 Å². The smallest absolute Gasteiger partial charge is 0.310 e. The summed E-state index contributed by atoms with van der Waals surface area (Å²) < 4.78 is 0. The van der Waals surface area contributed by atoms with Crippen LogP contribution in [0.25, 0.3) is 0 Å². The van der Waals surface area contributed by atoms with Crippen molar-refractivity contribution in [2.75, 3.05) is 0 Å². The summed E-state index contributed by atoms with van der Waals surface area (Å²) in [5.41, 5.74) is 3.25. The zero-order chi connectivity index (χ0) is 11.0. The van der Waals surface area contributed by atoms with Crippen LogP contribution in [0.5, 0.6) is 0 Å². The van der Waals surface area contributed by atoms with Crippen molar-refractivity contribution < 1.29 is 9.90 Å². The Morgan fingerprint density at radius 3 is 2.87 bits per heavy atom. The molecule has 1 aliphatic carbocycles. The Balaban J connectivity index is 2.43. The maximum Gasteiger partial charge on any atom is 0.310 e. The first kappa shape index (κ1) is 10.5. The van der Waals surface area contributed by atoms with Crippen LogP contribution < -0.4 is 0 Å². The zero-order valence-corrected chi connectivity index (χ0v) is 9.34. The van der Waals surface area contributed by atoms with Crippen molar-refractivity contribution in [3.63, 3.8) is 0 Å². The van der Waals surface area contributed by atoms with Crippen molar-refractivity contribution in [1.29, 1.82) is 0 Å². The highest BCUT2D eigenvalue weighted by Crippen LogP contribution is 2.32. The van der Waals surface area contributed by atoms with Gasteiger partial charge in [-0.2, -0.15) is 0 Å². The molecule has 1 atom stereocenters. The highest BCUT2D eigenvalue weighted by Gasteiger charge is 2.20. The van der Waals surface area contributed by atoms with E-state index in [1.54, 1.807) is 13.0 Å². The molecule has 0 spiro atoms. The summed E-state index contributed by atoms with van der Waals surface area (Å²) in [6.45, 7) is 1.69. The summed E-state index contributed by atoms with van der Waals surface area (Å²) in [6.07, 6.45) is 3.17. The first-order valence-corrected chi connectivity index (χ1v) is 5.51. The standard InChI is InChI=1S/C12H13ClO2/c1-7(12(14)15)9-5-8-3-2-4-10(8)11(13)6-9/h5-7H,2-4H2,1H3,(H,14,15). The first-order valence-electron chi connectivity index (χ1n) is 5.13. The summed E-state index contributed by atoms with van der Waals surface area (Å²) in [6, 6.07) is 3.79. The normalized spacial score (nSPS) is 16.1. The number of carboxylic acid groups (broad SMARTS) is 1. The molecule has 0 heterocycles. The molecule has 1 N–H and O–H groups in total. The van der Waals surface area contributed by atoms with Crippen molar-refractivity contribution >= 4 is 17.6 Å². The number of carbonyl (C=O) groups is 1. The Labute approximate surface area is 93.9 Å². The number of aliphatic carboxylic acids is 1. The molecule has 0 saturated heterocycles. The van der Waals surface area contributed by atoms with E-state index in [-0.39, 0.29) is 0 Å². The van der Waals surface area contributed by atoms with E-state index in [2.05, 4.69) is 0 Å². The summed E-state index contributed by atoms with van der Waals surface area (Å²) in [7, 11) is 0. The Morgan fingerprint density at radius 1 is 1.47 bits per heavy atom. The molecule has 15 heavy (non-hydrogen) atoms. The monoisotopic (exact) mass is 224 g/mol. The molecule has 0 fully saturated rings. The van der Waals surface area contributed by atoms with Crippen LogP contribution in [-0.2, 0) is 17.6 Å². The highest BCUT2D eigenvalue weighted by molar-refractivity contribution is 6.31. The van der Waals surface area contributed by atoms with E-state index in [9.17, 15) is 4.79 Å². The number of aryl methyl sites for hydroxylation is 1. The van der Waals surface area contributed by atoms with Crippen LogP contribution in [0, 0.1) is 0 Å². The van der Waals surface area contributed by atoms with Gasteiger partial charge in [0.1, 0.15) is 0 Å². The Kier molecular flexibility index (Phi) is 2.70. The van der Waals surface area contributed by atoms with Gasteiger partial charge >= 0.3 is 5.97 Å². The van der Waals surface area contributed by atoms with Gasteiger partial charge in [0.25, 0.3) is 0 Å². The average Bonchev–Trinajstić information content (AvgIpc) is 2.64.